The average molecular weight is 467 g/mol. The molecule has 0 fully saturated rings. The molecule has 0 aromatic heterocycles. The van der Waals surface area contributed by atoms with Crippen molar-refractivity contribution in [2.75, 3.05) is 13.2 Å². The Hall–Kier alpha value is -2.60. The molecular formula is C22H18Cl3NO4. The summed E-state index contributed by atoms with van der Waals surface area (Å²) in [7, 11) is 0. The third-order valence-electron chi connectivity index (χ3n) is 3.82. The summed E-state index contributed by atoms with van der Waals surface area (Å²) in [6, 6.07) is 20.3. The van der Waals surface area contributed by atoms with Crippen LogP contribution >= 0.6 is 34.8 Å². The van der Waals surface area contributed by atoms with Crippen LogP contribution in [0.3, 0.4) is 0 Å². The van der Waals surface area contributed by atoms with Crippen molar-refractivity contribution in [3.8, 4) is 17.2 Å². The van der Waals surface area contributed by atoms with E-state index in [-0.39, 0.29) is 13.2 Å². The number of carbonyl (C=O) groups excluding carboxylic acids is 1. The van der Waals surface area contributed by atoms with Crippen LogP contribution in [-0.2, 0) is 4.79 Å². The van der Waals surface area contributed by atoms with E-state index in [0.29, 0.717) is 32.3 Å². The predicted molar refractivity (Wildman–Crippen MR) is 118 cm³/mol. The molecule has 0 atom stereocenters. The third kappa shape index (κ3) is 6.73. The van der Waals surface area contributed by atoms with Gasteiger partial charge in [0, 0.05) is 10.0 Å². The van der Waals surface area contributed by atoms with Crippen molar-refractivity contribution in [2.24, 2.45) is 0 Å². The van der Waals surface area contributed by atoms with Gasteiger partial charge in [-0.05, 0) is 60.7 Å². The fourth-order valence-electron chi connectivity index (χ4n) is 2.38. The summed E-state index contributed by atoms with van der Waals surface area (Å²) >= 11 is 17.8. The maximum absolute atomic E-state index is 12.7. The highest BCUT2D eigenvalue weighted by Gasteiger charge is 2.22. The molecule has 8 heteroatoms. The van der Waals surface area contributed by atoms with E-state index in [1.807, 2.05) is 12.1 Å². The monoisotopic (exact) mass is 465 g/mol. The number of para-hydroxylation sites is 1. The molecule has 0 aliphatic carbocycles. The quantitative estimate of drug-likeness (QED) is 0.328. The number of carbonyl (C=O) groups is 1. The van der Waals surface area contributed by atoms with Crippen molar-refractivity contribution in [3.63, 3.8) is 0 Å². The molecule has 1 N–H and O–H groups in total. The van der Waals surface area contributed by atoms with Gasteiger partial charge in [0.05, 0.1) is 11.6 Å². The zero-order valence-corrected chi connectivity index (χ0v) is 18.0. The van der Waals surface area contributed by atoms with Crippen molar-refractivity contribution < 1.29 is 19.0 Å². The van der Waals surface area contributed by atoms with Crippen LogP contribution in [0.4, 0.5) is 0 Å². The number of amides is 1. The van der Waals surface area contributed by atoms with Crippen molar-refractivity contribution in [1.82, 2.24) is 5.32 Å². The Bertz CT molecular complexity index is 917. The molecule has 156 valence electrons. The molecule has 5 nitrogen and oxygen atoms in total. The lowest BCUT2D eigenvalue weighted by Gasteiger charge is -2.20. The Labute approximate surface area is 189 Å². The zero-order valence-electron chi connectivity index (χ0n) is 15.7. The van der Waals surface area contributed by atoms with Crippen LogP contribution in [0.25, 0.3) is 0 Å². The number of nitrogens with one attached hydrogen (secondary N) is 1. The first-order valence-corrected chi connectivity index (χ1v) is 10.1. The minimum absolute atomic E-state index is 0.226. The van der Waals surface area contributed by atoms with Gasteiger partial charge < -0.3 is 19.5 Å². The van der Waals surface area contributed by atoms with Gasteiger partial charge in [-0.1, -0.05) is 46.9 Å². The molecule has 0 saturated carbocycles. The van der Waals surface area contributed by atoms with Crippen LogP contribution in [0.15, 0.2) is 72.8 Å². The Morgan fingerprint density at radius 3 is 1.87 bits per heavy atom. The smallest absolute Gasteiger partial charge is 0.321 e. The van der Waals surface area contributed by atoms with Crippen LogP contribution < -0.4 is 19.5 Å². The predicted octanol–water partition coefficient (Wildman–Crippen LogP) is 5.63. The topological polar surface area (TPSA) is 56.8 Å². The van der Waals surface area contributed by atoms with E-state index in [4.69, 9.17) is 49.0 Å². The molecule has 3 rings (SSSR count). The fourth-order valence-corrected chi connectivity index (χ4v) is 2.83. The Kier molecular flexibility index (Phi) is 8.08. The number of hydrogen-bond donors (Lipinski definition) is 1. The molecule has 0 unspecified atom stereocenters. The van der Waals surface area contributed by atoms with Crippen molar-refractivity contribution in [1.29, 1.82) is 0 Å². The second-order valence-electron chi connectivity index (χ2n) is 6.05. The highest BCUT2D eigenvalue weighted by Crippen LogP contribution is 2.23. The molecule has 3 aromatic carbocycles. The van der Waals surface area contributed by atoms with Crippen LogP contribution in [0.5, 0.6) is 17.2 Å². The second kappa shape index (κ2) is 11.0. The lowest BCUT2D eigenvalue weighted by atomic mass is 10.3. The van der Waals surface area contributed by atoms with Gasteiger partial charge in [0.15, 0.2) is 0 Å². The number of halogens is 3. The Morgan fingerprint density at radius 1 is 0.800 bits per heavy atom. The third-order valence-corrected chi connectivity index (χ3v) is 4.64. The van der Waals surface area contributed by atoms with Crippen molar-refractivity contribution in [2.45, 2.75) is 6.29 Å². The molecule has 30 heavy (non-hydrogen) atoms. The van der Waals surface area contributed by atoms with Crippen LogP contribution in [0.2, 0.25) is 15.1 Å². The first-order chi connectivity index (χ1) is 14.5. The van der Waals surface area contributed by atoms with Gasteiger partial charge in [0.2, 0.25) is 0 Å². The summed E-state index contributed by atoms with van der Waals surface area (Å²) in [5, 5.41) is 4.33. The van der Waals surface area contributed by atoms with E-state index in [0.717, 1.165) is 0 Å². The molecule has 3 aromatic rings. The van der Waals surface area contributed by atoms with Gasteiger partial charge in [-0.2, -0.15) is 0 Å². The SMILES string of the molecule is O=C(NCCOc1ccccc1Cl)C(Oc1ccc(Cl)cc1)Oc1ccc(Cl)cc1. The fraction of sp³-hybridized carbons (Fsp3) is 0.136. The van der Waals surface area contributed by atoms with Gasteiger partial charge in [-0.3, -0.25) is 4.79 Å². The van der Waals surface area contributed by atoms with E-state index >= 15 is 0 Å². The first kappa shape index (κ1) is 22.1. The summed E-state index contributed by atoms with van der Waals surface area (Å²) in [6.07, 6.45) is -1.23. The summed E-state index contributed by atoms with van der Waals surface area (Å²) < 4.78 is 17.0. The normalized spacial score (nSPS) is 10.5. The minimum Gasteiger partial charge on any atom is -0.490 e. The first-order valence-electron chi connectivity index (χ1n) is 9.01. The molecule has 1 amide bonds. The largest absolute Gasteiger partial charge is 0.490 e. The van der Waals surface area contributed by atoms with E-state index in [1.54, 1.807) is 60.7 Å². The number of hydrogen-bond acceptors (Lipinski definition) is 4. The Balaban J connectivity index is 1.60. The summed E-state index contributed by atoms with van der Waals surface area (Å²) in [5.41, 5.74) is 0. The van der Waals surface area contributed by atoms with E-state index in [2.05, 4.69) is 5.32 Å². The zero-order chi connectivity index (χ0) is 21.3. The van der Waals surface area contributed by atoms with Crippen LogP contribution in [-0.4, -0.2) is 25.3 Å². The summed E-state index contributed by atoms with van der Waals surface area (Å²) in [5.74, 6) is 0.934. The standard InChI is InChI=1S/C22H18Cl3NO4/c23-15-5-9-17(10-6-15)29-22(30-18-11-7-16(24)8-12-18)21(27)26-13-14-28-20-4-2-1-3-19(20)25/h1-12,22H,13-14H2,(H,26,27). The molecular weight excluding hydrogens is 449 g/mol. The second-order valence-corrected chi connectivity index (χ2v) is 7.33. The maximum Gasteiger partial charge on any atom is 0.321 e. The van der Waals surface area contributed by atoms with Crippen molar-refractivity contribution in [3.05, 3.63) is 87.9 Å². The van der Waals surface area contributed by atoms with Crippen LogP contribution in [0.1, 0.15) is 0 Å². The molecule has 0 bridgehead atoms. The van der Waals surface area contributed by atoms with Gasteiger partial charge in [-0.15, -0.1) is 0 Å². The van der Waals surface area contributed by atoms with Gasteiger partial charge >= 0.3 is 12.2 Å². The van der Waals surface area contributed by atoms with Crippen LogP contribution in [0, 0.1) is 0 Å². The van der Waals surface area contributed by atoms with E-state index < -0.39 is 12.2 Å². The van der Waals surface area contributed by atoms with Crippen molar-refractivity contribution >= 4 is 40.7 Å². The highest BCUT2D eigenvalue weighted by molar-refractivity contribution is 6.32. The molecule has 0 saturated heterocycles. The highest BCUT2D eigenvalue weighted by atomic mass is 35.5. The lowest BCUT2D eigenvalue weighted by Crippen LogP contribution is -2.43. The van der Waals surface area contributed by atoms with E-state index in [9.17, 15) is 4.79 Å². The Morgan fingerprint density at radius 2 is 1.33 bits per heavy atom. The minimum atomic E-state index is -1.23. The number of benzene rings is 3. The molecule has 0 aliphatic heterocycles. The molecule has 0 heterocycles. The summed E-state index contributed by atoms with van der Waals surface area (Å²) in [6.45, 7) is 0.457. The molecule has 0 spiro atoms. The maximum atomic E-state index is 12.7. The molecule has 0 radical (unpaired) electrons. The van der Waals surface area contributed by atoms with Gasteiger partial charge in [0.25, 0.3) is 0 Å². The summed E-state index contributed by atoms with van der Waals surface area (Å²) in [4.78, 5) is 12.7. The lowest BCUT2D eigenvalue weighted by molar-refractivity contribution is -0.140. The number of rotatable bonds is 9. The average Bonchev–Trinajstić information content (AvgIpc) is 2.75. The van der Waals surface area contributed by atoms with E-state index in [1.165, 1.54) is 0 Å². The van der Waals surface area contributed by atoms with Gasteiger partial charge in [-0.25, -0.2) is 0 Å². The number of ether oxygens (including phenoxy) is 3. The molecule has 0 aliphatic rings. The van der Waals surface area contributed by atoms with Gasteiger partial charge in [0.1, 0.15) is 23.9 Å².